The SMILES string of the molecule is COCCNC(=O)N1CCC(Oc2cc(C)nc(C)n2)CC1. The summed E-state index contributed by atoms with van der Waals surface area (Å²) in [5, 5.41) is 2.83. The predicted octanol–water partition coefficient (Wildman–Crippen LogP) is 1.29. The Morgan fingerprint density at radius 2 is 2.09 bits per heavy atom. The molecule has 122 valence electrons. The van der Waals surface area contributed by atoms with E-state index in [9.17, 15) is 4.79 Å². The zero-order valence-electron chi connectivity index (χ0n) is 13.5. The van der Waals surface area contributed by atoms with Gasteiger partial charge >= 0.3 is 6.03 Å². The van der Waals surface area contributed by atoms with Crippen LogP contribution in [0, 0.1) is 13.8 Å². The van der Waals surface area contributed by atoms with Crippen LogP contribution in [0.2, 0.25) is 0 Å². The van der Waals surface area contributed by atoms with Gasteiger partial charge in [0.1, 0.15) is 11.9 Å². The van der Waals surface area contributed by atoms with Crippen molar-refractivity contribution in [1.82, 2.24) is 20.2 Å². The maximum absolute atomic E-state index is 11.9. The van der Waals surface area contributed by atoms with Crippen LogP contribution in [0.4, 0.5) is 4.79 Å². The molecule has 2 heterocycles. The topological polar surface area (TPSA) is 76.6 Å². The number of likely N-dealkylation sites (tertiary alicyclic amines) is 1. The molecule has 1 aliphatic rings. The number of amides is 2. The normalized spacial score (nSPS) is 15.7. The number of aryl methyl sites for hydroxylation is 2. The maximum atomic E-state index is 11.9. The van der Waals surface area contributed by atoms with E-state index < -0.39 is 0 Å². The van der Waals surface area contributed by atoms with Crippen molar-refractivity contribution in [3.63, 3.8) is 0 Å². The molecule has 7 heteroatoms. The summed E-state index contributed by atoms with van der Waals surface area (Å²) >= 11 is 0. The lowest BCUT2D eigenvalue weighted by Gasteiger charge is -2.32. The summed E-state index contributed by atoms with van der Waals surface area (Å²) in [5.41, 5.74) is 0.900. The molecule has 1 saturated heterocycles. The quantitative estimate of drug-likeness (QED) is 0.830. The highest BCUT2D eigenvalue weighted by Gasteiger charge is 2.24. The summed E-state index contributed by atoms with van der Waals surface area (Å²) in [4.78, 5) is 22.3. The molecule has 0 bridgehead atoms. The second-order valence-corrected chi connectivity index (χ2v) is 5.42. The van der Waals surface area contributed by atoms with Crippen LogP contribution in [0.1, 0.15) is 24.4 Å². The smallest absolute Gasteiger partial charge is 0.317 e. The number of piperidine rings is 1. The van der Waals surface area contributed by atoms with Gasteiger partial charge in [0, 0.05) is 51.3 Å². The summed E-state index contributed by atoms with van der Waals surface area (Å²) in [6.45, 7) is 6.21. The second kappa shape index (κ2) is 7.93. The molecule has 2 rings (SSSR count). The van der Waals surface area contributed by atoms with Crippen molar-refractivity contribution >= 4 is 6.03 Å². The molecule has 0 atom stereocenters. The number of carbonyl (C=O) groups excluding carboxylic acids is 1. The van der Waals surface area contributed by atoms with E-state index >= 15 is 0 Å². The second-order valence-electron chi connectivity index (χ2n) is 5.42. The summed E-state index contributed by atoms with van der Waals surface area (Å²) in [5.74, 6) is 1.33. The Labute approximate surface area is 131 Å². The molecule has 0 unspecified atom stereocenters. The van der Waals surface area contributed by atoms with Gasteiger partial charge in [0.2, 0.25) is 5.88 Å². The Kier molecular flexibility index (Phi) is 5.94. The minimum absolute atomic E-state index is 0.0378. The van der Waals surface area contributed by atoms with Crippen LogP contribution in [0.25, 0.3) is 0 Å². The zero-order valence-corrected chi connectivity index (χ0v) is 13.5. The Balaban J connectivity index is 1.78. The van der Waals surface area contributed by atoms with Gasteiger partial charge in [-0.05, 0) is 13.8 Å². The summed E-state index contributed by atoms with van der Waals surface area (Å²) in [7, 11) is 1.62. The number of ether oxygens (including phenoxy) is 2. The van der Waals surface area contributed by atoms with E-state index in [0.717, 1.165) is 18.5 Å². The Bertz CT molecular complexity index is 481. The number of hydrogen-bond acceptors (Lipinski definition) is 5. The number of methoxy groups -OCH3 is 1. The van der Waals surface area contributed by atoms with E-state index in [-0.39, 0.29) is 12.1 Å². The monoisotopic (exact) mass is 308 g/mol. The first-order chi connectivity index (χ1) is 10.6. The molecular formula is C15H24N4O3. The van der Waals surface area contributed by atoms with Gasteiger partial charge in [0.15, 0.2) is 0 Å². The lowest BCUT2D eigenvalue weighted by molar-refractivity contribution is 0.106. The van der Waals surface area contributed by atoms with Crippen molar-refractivity contribution in [2.75, 3.05) is 33.4 Å². The summed E-state index contributed by atoms with van der Waals surface area (Å²) in [6, 6.07) is 1.81. The number of carbonyl (C=O) groups is 1. The number of rotatable bonds is 5. The lowest BCUT2D eigenvalue weighted by Crippen LogP contribution is -2.47. The number of aromatic nitrogens is 2. The fraction of sp³-hybridized carbons (Fsp3) is 0.667. The Hall–Kier alpha value is -1.89. The molecule has 22 heavy (non-hydrogen) atoms. The number of hydrogen-bond donors (Lipinski definition) is 1. The van der Waals surface area contributed by atoms with E-state index in [1.165, 1.54) is 0 Å². The van der Waals surface area contributed by atoms with Crippen LogP contribution in [-0.2, 0) is 4.74 Å². The molecule has 0 aromatic carbocycles. The van der Waals surface area contributed by atoms with Crippen LogP contribution >= 0.6 is 0 Å². The number of nitrogens with one attached hydrogen (secondary N) is 1. The van der Waals surface area contributed by atoms with Gasteiger partial charge in [-0.2, -0.15) is 4.98 Å². The third kappa shape index (κ3) is 4.84. The molecule has 0 spiro atoms. The molecule has 1 aliphatic heterocycles. The lowest BCUT2D eigenvalue weighted by atomic mass is 10.1. The first-order valence-corrected chi connectivity index (χ1v) is 7.59. The average Bonchev–Trinajstić information content (AvgIpc) is 2.47. The van der Waals surface area contributed by atoms with Gasteiger partial charge in [-0.1, -0.05) is 0 Å². The van der Waals surface area contributed by atoms with Crippen molar-refractivity contribution in [3.05, 3.63) is 17.6 Å². The van der Waals surface area contributed by atoms with Crippen LogP contribution < -0.4 is 10.1 Å². The van der Waals surface area contributed by atoms with Crippen LogP contribution in [0.5, 0.6) is 5.88 Å². The van der Waals surface area contributed by atoms with Gasteiger partial charge in [-0.25, -0.2) is 9.78 Å². The molecule has 1 aromatic rings. The molecule has 0 radical (unpaired) electrons. The highest BCUT2D eigenvalue weighted by molar-refractivity contribution is 5.74. The highest BCUT2D eigenvalue weighted by Crippen LogP contribution is 2.18. The minimum Gasteiger partial charge on any atom is -0.474 e. The van der Waals surface area contributed by atoms with Crippen molar-refractivity contribution in [3.8, 4) is 5.88 Å². The van der Waals surface area contributed by atoms with Gasteiger partial charge in [-0.3, -0.25) is 0 Å². The molecule has 0 saturated carbocycles. The minimum atomic E-state index is -0.0378. The fourth-order valence-corrected chi connectivity index (χ4v) is 2.46. The van der Waals surface area contributed by atoms with E-state index in [1.54, 1.807) is 7.11 Å². The zero-order chi connectivity index (χ0) is 15.9. The third-order valence-corrected chi connectivity index (χ3v) is 3.54. The average molecular weight is 308 g/mol. The summed E-state index contributed by atoms with van der Waals surface area (Å²) < 4.78 is 10.8. The first-order valence-electron chi connectivity index (χ1n) is 7.59. The molecule has 1 N–H and O–H groups in total. The standard InChI is InChI=1S/C15H24N4O3/c1-11-10-14(18-12(2)17-11)22-13-4-7-19(8-5-13)15(20)16-6-9-21-3/h10,13H,4-9H2,1-3H3,(H,16,20). The Morgan fingerprint density at radius 3 is 2.73 bits per heavy atom. The third-order valence-electron chi connectivity index (χ3n) is 3.54. The first kappa shape index (κ1) is 16.5. The Morgan fingerprint density at radius 1 is 1.36 bits per heavy atom. The van der Waals surface area contributed by atoms with Crippen molar-refractivity contribution in [1.29, 1.82) is 0 Å². The van der Waals surface area contributed by atoms with E-state index in [4.69, 9.17) is 9.47 Å². The molecule has 1 fully saturated rings. The van der Waals surface area contributed by atoms with E-state index in [0.29, 0.717) is 37.9 Å². The molecule has 7 nitrogen and oxygen atoms in total. The number of nitrogens with zero attached hydrogens (tertiary/aromatic N) is 3. The molecule has 2 amide bonds. The van der Waals surface area contributed by atoms with Gasteiger partial charge in [0.25, 0.3) is 0 Å². The van der Waals surface area contributed by atoms with Gasteiger partial charge < -0.3 is 19.7 Å². The van der Waals surface area contributed by atoms with Crippen molar-refractivity contribution < 1.29 is 14.3 Å². The molecular weight excluding hydrogens is 284 g/mol. The van der Waals surface area contributed by atoms with Crippen molar-refractivity contribution in [2.45, 2.75) is 32.8 Å². The van der Waals surface area contributed by atoms with Crippen LogP contribution in [0.15, 0.2) is 6.07 Å². The largest absolute Gasteiger partial charge is 0.474 e. The van der Waals surface area contributed by atoms with Gasteiger partial charge in [-0.15, -0.1) is 0 Å². The van der Waals surface area contributed by atoms with Crippen LogP contribution in [-0.4, -0.2) is 60.4 Å². The maximum Gasteiger partial charge on any atom is 0.317 e. The fourth-order valence-electron chi connectivity index (χ4n) is 2.46. The van der Waals surface area contributed by atoms with Crippen LogP contribution in [0.3, 0.4) is 0 Å². The van der Waals surface area contributed by atoms with Crippen molar-refractivity contribution in [2.24, 2.45) is 0 Å². The summed E-state index contributed by atoms with van der Waals surface area (Å²) in [6.07, 6.45) is 1.70. The molecule has 0 aliphatic carbocycles. The highest BCUT2D eigenvalue weighted by atomic mass is 16.5. The van der Waals surface area contributed by atoms with Gasteiger partial charge in [0.05, 0.1) is 6.61 Å². The number of urea groups is 1. The predicted molar refractivity (Wildman–Crippen MR) is 82.0 cm³/mol. The molecule has 1 aromatic heterocycles. The van der Waals surface area contributed by atoms with E-state index in [2.05, 4.69) is 15.3 Å². The van der Waals surface area contributed by atoms with E-state index in [1.807, 2.05) is 24.8 Å².